The first kappa shape index (κ1) is 23.9. The van der Waals surface area contributed by atoms with Crippen molar-refractivity contribution in [2.24, 2.45) is 7.05 Å². The number of Topliss-reactive ketones (excluding diaryl/α,β-unsaturated/α-hetero) is 1. The van der Waals surface area contributed by atoms with Gasteiger partial charge >= 0.3 is 6.18 Å². The Morgan fingerprint density at radius 2 is 1.84 bits per heavy atom. The Bertz CT molecular complexity index is 1690. The van der Waals surface area contributed by atoms with Crippen LogP contribution in [0.1, 0.15) is 15.9 Å². The van der Waals surface area contributed by atoms with Crippen LogP contribution in [0.4, 0.5) is 13.2 Å². The predicted octanol–water partition coefficient (Wildman–Crippen LogP) is 4.89. The number of pyridine rings is 1. The second-order valence-electron chi connectivity index (χ2n) is 8.24. The van der Waals surface area contributed by atoms with Gasteiger partial charge in [-0.05, 0) is 36.4 Å². The smallest absolute Gasteiger partial charge is 0.416 e. The topological polar surface area (TPSA) is 91.9 Å². The Labute approximate surface area is 207 Å². The lowest BCUT2D eigenvalue weighted by atomic mass is 10.1. The summed E-state index contributed by atoms with van der Waals surface area (Å²) in [6.07, 6.45) is 1.70. The zero-order valence-corrected chi connectivity index (χ0v) is 19.3. The van der Waals surface area contributed by atoms with Gasteiger partial charge in [-0.3, -0.25) is 23.8 Å². The third kappa shape index (κ3) is 5.10. The third-order valence-corrected chi connectivity index (χ3v) is 5.59. The summed E-state index contributed by atoms with van der Waals surface area (Å²) in [6, 6.07) is 12.2. The molecule has 186 valence electrons. The number of ketones is 1. The maximum absolute atomic E-state index is 13.1. The van der Waals surface area contributed by atoms with Crippen LogP contribution in [0.25, 0.3) is 22.2 Å². The highest BCUT2D eigenvalue weighted by Gasteiger charge is 2.30. The summed E-state index contributed by atoms with van der Waals surface area (Å²) in [5.41, 5.74) is 0.230. The van der Waals surface area contributed by atoms with E-state index in [0.717, 1.165) is 28.3 Å². The van der Waals surface area contributed by atoms with Gasteiger partial charge in [0.05, 0.1) is 41.2 Å². The highest BCUT2D eigenvalue weighted by atomic mass is 19.4. The maximum Gasteiger partial charge on any atom is 0.416 e. The molecule has 2 aromatic carbocycles. The number of aryl methyl sites for hydroxylation is 1. The van der Waals surface area contributed by atoms with Crippen molar-refractivity contribution in [1.29, 1.82) is 0 Å². The molecule has 0 N–H and O–H groups in total. The molecule has 3 heterocycles. The van der Waals surface area contributed by atoms with Crippen molar-refractivity contribution in [2.75, 3.05) is 0 Å². The van der Waals surface area contributed by atoms with E-state index in [4.69, 9.17) is 4.74 Å². The molecule has 0 spiro atoms. The van der Waals surface area contributed by atoms with Crippen molar-refractivity contribution in [1.82, 2.24) is 24.3 Å². The number of halogens is 3. The molecule has 0 bridgehead atoms. The van der Waals surface area contributed by atoms with Gasteiger partial charge in [0.2, 0.25) is 0 Å². The van der Waals surface area contributed by atoms with Crippen molar-refractivity contribution in [3.05, 3.63) is 101 Å². The Kier molecular flexibility index (Phi) is 6.04. The zero-order chi connectivity index (χ0) is 26.2. The van der Waals surface area contributed by atoms with E-state index in [9.17, 15) is 22.8 Å². The fraction of sp³-hybridized carbons (Fsp3) is 0.115. The van der Waals surface area contributed by atoms with Crippen LogP contribution in [0, 0.1) is 0 Å². The normalized spacial score (nSPS) is 11.6. The number of aromatic nitrogens is 5. The molecule has 3 aromatic heterocycles. The van der Waals surface area contributed by atoms with Gasteiger partial charge in [-0.1, -0.05) is 12.1 Å². The molecule has 0 unspecified atom stereocenters. The number of rotatable bonds is 6. The van der Waals surface area contributed by atoms with E-state index in [1.165, 1.54) is 18.5 Å². The molecule has 0 fully saturated rings. The number of ether oxygens (including phenoxy) is 1. The molecule has 8 nitrogen and oxygen atoms in total. The Morgan fingerprint density at radius 3 is 2.59 bits per heavy atom. The van der Waals surface area contributed by atoms with Crippen LogP contribution < -0.4 is 10.3 Å². The molecule has 5 rings (SSSR count). The number of hydrogen-bond acceptors (Lipinski definition) is 6. The number of nitrogens with zero attached hydrogens (tertiary/aromatic N) is 5. The third-order valence-electron chi connectivity index (χ3n) is 5.59. The van der Waals surface area contributed by atoms with Crippen molar-refractivity contribution in [3.63, 3.8) is 0 Å². The van der Waals surface area contributed by atoms with Crippen LogP contribution in [0.5, 0.6) is 11.5 Å². The van der Waals surface area contributed by atoms with Gasteiger partial charge in [0.25, 0.3) is 5.56 Å². The lowest BCUT2D eigenvalue weighted by molar-refractivity contribution is -0.137. The summed E-state index contributed by atoms with van der Waals surface area (Å²) in [5.74, 6) is 0.190. The summed E-state index contributed by atoms with van der Waals surface area (Å²) >= 11 is 0. The van der Waals surface area contributed by atoms with E-state index in [2.05, 4.69) is 15.1 Å². The monoisotopic (exact) mass is 505 g/mol. The number of fused-ring (bicyclic) bond motifs is 1. The first-order valence-electron chi connectivity index (χ1n) is 11.0. The first-order valence-corrected chi connectivity index (χ1v) is 11.0. The van der Waals surface area contributed by atoms with Crippen LogP contribution in [0.15, 0.2) is 84.3 Å². The summed E-state index contributed by atoms with van der Waals surface area (Å²) in [6.45, 7) is -0.465. The van der Waals surface area contributed by atoms with Crippen molar-refractivity contribution >= 4 is 16.7 Å². The minimum atomic E-state index is -4.58. The summed E-state index contributed by atoms with van der Waals surface area (Å²) in [4.78, 5) is 34.3. The average molecular weight is 505 g/mol. The largest absolute Gasteiger partial charge is 0.457 e. The number of carbonyl (C=O) groups excluding carboxylic acids is 1. The van der Waals surface area contributed by atoms with E-state index < -0.39 is 29.6 Å². The number of alkyl halides is 3. The SMILES string of the molecule is Cn1cc(-c2cc(Oc3ccc4ncn(CC(=O)c5cccc(C(F)(F)F)c5)c(=O)c4c3)ccn2)cn1. The van der Waals surface area contributed by atoms with Gasteiger partial charge < -0.3 is 4.74 Å². The molecule has 37 heavy (non-hydrogen) atoms. The number of hydrogen-bond donors (Lipinski definition) is 0. The van der Waals surface area contributed by atoms with Crippen molar-refractivity contribution in [3.8, 4) is 22.8 Å². The van der Waals surface area contributed by atoms with Crippen LogP contribution in [0.3, 0.4) is 0 Å². The highest BCUT2D eigenvalue weighted by Crippen LogP contribution is 2.30. The van der Waals surface area contributed by atoms with E-state index >= 15 is 0 Å². The first-order chi connectivity index (χ1) is 17.7. The van der Waals surface area contributed by atoms with Gasteiger partial charge in [0, 0.05) is 36.6 Å². The van der Waals surface area contributed by atoms with Crippen LogP contribution in [-0.4, -0.2) is 30.1 Å². The fourth-order valence-electron chi connectivity index (χ4n) is 3.75. The average Bonchev–Trinajstić information content (AvgIpc) is 3.32. The minimum absolute atomic E-state index is 0.152. The summed E-state index contributed by atoms with van der Waals surface area (Å²) < 4.78 is 47.7. The van der Waals surface area contributed by atoms with Crippen LogP contribution in [0.2, 0.25) is 0 Å². The molecular formula is C26H18F3N5O3. The van der Waals surface area contributed by atoms with Gasteiger partial charge in [0.15, 0.2) is 5.78 Å². The van der Waals surface area contributed by atoms with Crippen molar-refractivity contribution in [2.45, 2.75) is 12.7 Å². The second-order valence-corrected chi connectivity index (χ2v) is 8.24. The molecular weight excluding hydrogens is 487 g/mol. The van der Waals surface area contributed by atoms with Crippen LogP contribution in [-0.2, 0) is 19.8 Å². The molecule has 0 saturated heterocycles. The molecule has 0 radical (unpaired) electrons. The molecule has 11 heteroatoms. The van der Waals surface area contributed by atoms with E-state index in [1.54, 1.807) is 48.4 Å². The van der Waals surface area contributed by atoms with E-state index in [0.29, 0.717) is 22.7 Å². The lowest BCUT2D eigenvalue weighted by Crippen LogP contribution is -2.25. The van der Waals surface area contributed by atoms with E-state index in [-0.39, 0.29) is 10.9 Å². The molecule has 0 aliphatic heterocycles. The van der Waals surface area contributed by atoms with Crippen LogP contribution >= 0.6 is 0 Å². The number of benzene rings is 2. The highest BCUT2D eigenvalue weighted by molar-refractivity contribution is 5.96. The number of carbonyl (C=O) groups is 1. The van der Waals surface area contributed by atoms with Gasteiger partial charge in [-0.15, -0.1) is 0 Å². The summed E-state index contributed by atoms with van der Waals surface area (Å²) in [7, 11) is 1.80. The van der Waals surface area contributed by atoms with Gasteiger partial charge in [-0.2, -0.15) is 18.3 Å². The fourth-order valence-corrected chi connectivity index (χ4v) is 3.75. The second kappa shape index (κ2) is 9.34. The van der Waals surface area contributed by atoms with Gasteiger partial charge in [-0.25, -0.2) is 4.98 Å². The standard InChI is InChI=1S/C26H18F3N5O3/c1-33-13-17(12-32-33)23-11-20(7-8-30-23)37-19-5-6-22-21(10-19)25(36)34(15-31-22)14-24(35)16-3-2-4-18(9-16)26(27,28)29/h2-13,15H,14H2,1H3. The molecule has 0 atom stereocenters. The van der Waals surface area contributed by atoms with E-state index in [1.807, 2.05) is 6.20 Å². The molecule has 5 aromatic rings. The predicted molar refractivity (Wildman–Crippen MR) is 128 cm³/mol. The molecule has 0 amide bonds. The minimum Gasteiger partial charge on any atom is -0.457 e. The Balaban J connectivity index is 1.41. The lowest BCUT2D eigenvalue weighted by Gasteiger charge is -2.10. The Morgan fingerprint density at radius 1 is 1.03 bits per heavy atom. The van der Waals surface area contributed by atoms with Gasteiger partial charge in [0.1, 0.15) is 11.5 Å². The van der Waals surface area contributed by atoms with Crippen molar-refractivity contribution < 1.29 is 22.7 Å². The quantitative estimate of drug-likeness (QED) is 0.305. The molecule has 0 saturated carbocycles. The molecule has 0 aliphatic carbocycles. The maximum atomic E-state index is 13.1. The summed E-state index contributed by atoms with van der Waals surface area (Å²) in [5, 5.41) is 4.32. The molecule has 0 aliphatic rings. The Hall–Kier alpha value is -4.80. The zero-order valence-electron chi connectivity index (χ0n) is 19.3.